The van der Waals surface area contributed by atoms with Crippen molar-refractivity contribution in [3.05, 3.63) is 125 Å². The van der Waals surface area contributed by atoms with Crippen LogP contribution in [0.1, 0.15) is 63.9 Å². The number of thiophene rings is 6. The van der Waals surface area contributed by atoms with Crippen LogP contribution in [0.4, 0.5) is 0 Å². The number of aryl methyl sites for hydroxylation is 2. The molecule has 8 aromatic heterocycles. The number of carbonyl (C=O) groups is 2. The molecule has 2 aromatic carbocycles. The maximum atomic E-state index is 13.9. The van der Waals surface area contributed by atoms with Gasteiger partial charge in [-0.1, -0.05) is 0 Å². The van der Waals surface area contributed by atoms with Crippen LogP contribution in [-0.4, -0.2) is 34.9 Å². The lowest BCUT2D eigenvalue weighted by atomic mass is 9.96. The van der Waals surface area contributed by atoms with E-state index in [0.29, 0.717) is 21.3 Å². The first-order chi connectivity index (χ1) is 36.9. The second-order valence-corrected chi connectivity index (χ2v) is 23.4. The second-order valence-electron chi connectivity index (χ2n) is 17.1. The number of ether oxygens (including phenoxy) is 2. The summed E-state index contributed by atoms with van der Waals surface area (Å²) >= 11 is 9.57. The van der Waals surface area contributed by atoms with E-state index in [2.05, 4.69) is 35.4 Å². The molecule has 20 heteroatoms. The third-order valence-corrected chi connectivity index (χ3v) is 21.0. The van der Waals surface area contributed by atoms with E-state index in [4.69, 9.17) is 9.47 Å². The van der Waals surface area contributed by atoms with Crippen LogP contribution in [0.25, 0.3) is 93.1 Å². The summed E-state index contributed by atoms with van der Waals surface area (Å²) in [6.07, 6.45) is 3.26. The molecule has 0 N–H and O–H groups in total. The number of benzene rings is 2. The van der Waals surface area contributed by atoms with E-state index in [0.717, 1.165) is 60.4 Å². The van der Waals surface area contributed by atoms with E-state index in [-0.39, 0.29) is 77.9 Å². The van der Waals surface area contributed by atoms with E-state index in [1.54, 1.807) is 71.7 Å². The summed E-state index contributed by atoms with van der Waals surface area (Å²) in [5.41, 5.74) is 5.11. The fourth-order valence-corrected chi connectivity index (χ4v) is 18.0. The average Bonchev–Trinajstić information content (AvgIpc) is 4.39. The molecule has 0 radical (unpaired) electrons. The zero-order chi connectivity index (χ0) is 53.2. The number of nitriles is 8. The minimum Gasteiger partial charge on any atom is -0.495 e. The molecule has 0 saturated carbocycles. The van der Waals surface area contributed by atoms with Gasteiger partial charge in [0, 0.05) is 57.3 Å². The molecule has 76 heavy (non-hydrogen) atoms. The van der Waals surface area contributed by atoms with E-state index < -0.39 is 11.6 Å². The highest BCUT2D eigenvalue weighted by atomic mass is 32.1. The molecule has 0 spiro atoms. The Bertz CT molecular complexity index is 4620. The standard InChI is InChI=1S/C56H22N10O4S6/c1-65-37-13-41(51-39(69-3)11-29(71-51)9-35-43(27(19-61)20-62)31-5-23(15-57)25(17-59)7-33(31)47(35)67)73-49(37)53-45(65)55-56(75-53)46-54(76-55)50-38(66(46)2)14-42(74-50)52-40(70-4)12-30(72-52)10-36-44(28(21-63)22-64)32-6-24(16-58)26(18-60)8-34(32)48(36)68/h5-14H,1-4H3/b35-9-,36-10-. The summed E-state index contributed by atoms with van der Waals surface area (Å²) in [4.78, 5) is 32.7. The topological polar surface area (TPSA) is 253 Å². The van der Waals surface area contributed by atoms with E-state index in [1.165, 1.54) is 56.3 Å². The lowest BCUT2D eigenvalue weighted by Crippen LogP contribution is -1.97. The SMILES string of the molecule is COc1cc(/C=C2\C(=O)c3cc(C#N)c(C#N)cc3C2=C(C#N)C#N)sc1-c1cc2c(s1)c1sc3c(sc4c5sc(-c6sc(/C=C7\C(=O)c8cc(C#N)c(C#N)cc8C7=C(C#N)C#N)cc6OC)cc5n(C)c43)c1n2C. The van der Waals surface area contributed by atoms with Crippen molar-refractivity contribution in [3.8, 4) is 79.6 Å². The predicted octanol–water partition coefficient (Wildman–Crippen LogP) is 13.5. The van der Waals surface area contributed by atoms with Gasteiger partial charge >= 0.3 is 0 Å². The Morgan fingerprint density at radius 1 is 0.461 bits per heavy atom. The van der Waals surface area contributed by atoms with Crippen LogP contribution in [0.15, 0.2) is 70.8 Å². The summed E-state index contributed by atoms with van der Waals surface area (Å²) in [5, 5.41) is 78.6. The smallest absolute Gasteiger partial charge is 0.194 e. The number of fused-ring (bicyclic) bond motifs is 11. The number of methoxy groups -OCH3 is 2. The number of nitrogens with zero attached hydrogens (tertiary/aromatic N) is 10. The molecule has 10 aromatic rings. The van der Waals surface area contributed by atoms with Gasteiger partial charge in [-0.15, -0.1) is 68.0 Å². The molecule has 0 fully saturated rings. The number of rotatable bonds is 6. The van der Waals surface area contributed by atoms with Crippen LogP contribution in [-0.2, 0) is 14.1 Å². The van der Waals surface area contributed by atoms with Crippen molar-refractivity contribution in [1.29, 1.82) is 42.1 Å². The molecule has 14 nitrogen and oxygen atoms in total. The normalized spacial score (nSPS) is 13.7. The monoisotopic (exact) mass is 1090 g/mol. The quantitative estimate of drug-likeness (QED) is 0.111. The number of Topliss-reactive ketones (excluding diaryl/α,β-unsaturated/α-hetero) is 2. The summed E-state index contributed by atoms with van der Waals surface area (Å²) in [5.74, 6) is 0.229. The van der Waals surface area contributed by atoms with Crippen molar-refractivity contribution in [1.82, 2.24) is 9.13 Å². The van der Waals surface area contributed by atoms with Gasteiger partial charge in [0.05, 0.1) is 106 Å². The molecule has 2 aliphatic carbocycles. The molecule has 12 rings (SSSR count). The van der Waals surface area contributed by atoms with Gasteiger partial charge in [-0.05, 0) is 71.8 Å². The van der Waals surface area contributed by atoms with Crippen molar-refractivity contribution in [3.63, 3.8) is 0 Å². The van der Waals surface area contributed by atoms with Crippen LogP contribution >= 0.6 is 68.0 Å². The van der Waals surface area contributed by atoms with Crippen molar-refractivity contribution in [2.45, 2.75) is 0 Å². The summed E-state index contributed by atoms with van der Waals surface area (Å²) in [7, 11) is 7.27. The van der Waals surface area contributed by atoms with Gasteiger partial charge in [0.15, 0.2) is 11.6 Å². The molecule has 2 aliphatic rings. The number of allylic oxidation sites excluding steroid dienone is 6. The van der Waals surface area contributed by atoms with Crippen LogP contribution in [0, 0.1) is 90.6 Å². The highest BCUT2D eigenvalue weighted by Crippen LogP contribution is 2.56. The summed E-state index contributed by atoms with van der Waals surface area (Å²) in [6, 6.07) is 28.8. The van der Waals surface area contributed by atoms with Crippen molar-refractivity contribution >= 4 is 153 Å². The molecular weight excluding hydrogens is 1070 g/mol. The second kappa shape index (κ2) is 17.5. The fraction of sp³-hybridized carbons (Fsp3) is 0.0714. The fourth-order valence-electron chi connectivity index (χ4n) is 9.99. The van der Waals surface area contributed by atoms with Crippen molar-refractivity contribution in [2.24, 2.45) is 14.1 Å². The Balaban J connectivity index is 0.910. The van der Waals surface area contributed by atoms with E-state index in [1.807, 2.05) is 60.7 Å². The zero-order valence-corrected chi connectivity index (χ0v) is 44.2. The molecule has 0 aliphatic heterocycles. The maximum Gasteiger partial charge on any atom is 0.194 e. The van der Waals surface area contributed by atoms with Crippen molar-refractivity contribution in [2.75, 3.05) is 14.2 Å². The number of carbonyl (C=O) groups excluding carboxylic acids is 2. The Labute approximate surface area is 453 Å². The molecule has 0 bridgehead atoms. The predicted molar refractivity (Wildman–Crippen MR) is 296 cm³/mol. The molecule has 0 saturated heterocycles. The third kappa shape index (κ3) is 6.56. The average molecular weight is 1090 g/mol. The molecule has 8 heterocycles. The first-order valence-corrected chi connectivity index (χ1v) is 27.1. The lowest BCUT2D eigenvalue weighted by molar-refractivity contribution is 0.103. The molecule has 0 amide bonds. The van der Waals surface area contributed by atoms with Crippen LogP contribution in [0.5, 0.6) is 11.5 Å². The van der Waals surface area contributed by atoms with Crippen LogP contribution in [0.2, 0.25) is 0 Å². The minimum absolute atomic E-state index is 0.0222. The molecule has 0 atom stereocenters. The zero-order valence-electron chi connectivity index (χ0n) is 39.3. The van der Waals surface area contributed by atoms with Crippen LogP contribution in [0.3, 0.4) is 0 Å². The van der Waals surface area contributed by atoms with Gasteiger partial charge in [0.25, 0.3) is 0 Å². The highest BCUT2D eigenvalue weighted by Gasteiger charge is 2.36. The van der Waals surface area contributed by atoms with Gasteiger partial charge in [-0.2, -0.15) is 42.1 Å². The van der Waals surface area contributed by atoms with E-state index >= 15 is 0 Å². The number of aromatic nitrogens is 2. The summed E-state index contributed by atoms with van der Waals surface area (Å²) in [6.45, 7) is 0. The Hall–Kier alpha value is -9.68. The van der Waals surface area contributed by atoms with Gasteiger partial charge < -0.3 is 18.6 Å². The maximum absolute atomic E-state index is 13.9. The molecule has 0 unspecified atom stereocenters. The van der Waals surface area contributed by atoms with Crippen LogP contribution < -0.4 is 9.47 Å². The van der Waals surface area contributed by atoms with Gasteiger partial charge in [-0.3, -0.25) is 9.59 Å². The Morgan fingerprint density at radius 2 is 0.803 bits per heavy atom. The van der Waals surface area contributed by atoms with E-state index in [9.17, 15) is 51.7 Å². The van der Waals surface area contributed by atoms with Gasteiger partial charge in [-0.25, -0.2) is 0 Å². The lowest BCUT2D eigenvalue weighted by Gasteiger charge is -2.03. The highest BCUT2D eigenvalue weighted by molar-refractivity contribution is 7.40. The summed E-state index contributed by atoms with van der Waals surface area (Å²) < 4.78 is 23.1. The number of hydrogen-bond donors (Lipinski definition) is 0. The number of hydrogen-bond acceptors (Lipinski definition) is 18. The van der Waals surface area contributed by atoms with Gasteiger partial charge in [0.2, 0.25) is 0 Å². The molecular formula is C56H22N10O4S6. The number of ketones is 2. The Morgan fingerprint density at radius 3 is 1.13 bits per heavy atom. The largest absolute Gasteiger partial charge is 0.495 e. The third-order valence-electron chi connectivity index (χ3n) is 13.4. The minimum atomic E-state index is -0.465. The van der Waals surface area contributed by atoms with Gasteiger partial charge in [0.1, 0.15) is 71.2 Å². The molecule has 356 valence electrons. The first kappa shape index (κ1) is 47.3. The van der Waals surface area contributed by atoms with Crippen molar-refractivity contribution < 1.29 is 19.1 Å². The Kier molecular flexibility index (Phi) is 10.9. The first-order valence-electron chi connectivity index (χ1n) is 22.2.